The van der Waals surface area contributed by atoms with E-state index in [2.05, 4.69) is 20.1 Å². The highest BCUT2D eigenvalue weighted by Crippen LogP contribution is 2.38. The molecule has 1 aliphatic heterocycles. The van der Waals surface area contributed by atoms with Crippen LogP contribution in [0.4, 0.5) is 0 Å². The summed E-state index contributed by atoms with van der Waals surface area (Å²) < 4.78 is 1.81. The third kappa shape index (κ3) is 3.22. The number of rotatable bonds is 5. The van der Waals surface area contributed by atoms with E-state index in [1.165, 1.54) is 42.6 Å². The van der Waals surface area contributed by atoms with Gasteiger partial charge in [0.1, 0.15) is 0 Å². The van der Waals surface area contributed by atoms with Crippen LogP contribution in [0.25, 0.3) is 0 Å². The number of nitrogens with one attached hydrogen (secondary N) is 1. The highest BCUT2D eigenvalue weighted by molar-refractivity contribution is 5.29. The zero-order valence-electron chi connectivity index (χ0n) is 15.3. The van der Waals surface area contributed by atoms with Gasteiger partial charge in [-0.25, -0.2) is 4.98 Å². The maximum absolute atomic E-state index is 12.3. The topological polar surface area (TPSA) is 66.8 Å². The molecule has 2 aromatic heterocycles. The van der Waals surface area contributed by atoms with Crippen LogP contribution in [0.5, 0.6) is 0 Å². The number of aromatic nitrogens is 4. The van der Waals surface area contributed by atoms with Crippen LogP contribution in [-0.2, 0) is 25.9 Å². The van der Waals surface area contributed by atoms with Gasteiger partial charge in [0.05, 0.1) is 17.7 Å². The molecule has 0 atom stereocenters. The van der Waals surface area contributed by atoms with E-state index in [1.807, 2.05) is 4.57 Å². The van der Waals surface area contributed by atoms with Crippen LogP contribution in [-0.4, -0.2) is 37.7 Å². The fourth-order valence-electron chi connectivity index (χ4n) is 4.52. The monoisotopic (exact) mass is 353 g/mol. The van der Waals surface area contributed by atoms with Crippen LogP contribution in [0.15, 0.2) is 17.2 Å². The second kappa shape index (κ2) is 6.65. The standard InChI is InChI=1S/C20H27N5O/c26-20-10-18(15-4-5-15)21-13-25(20)11-14-6-8-24(9-7-14)12-19-16-2-1-3-17(16)22-23-19/h10,13-15H,1-9,11-12H2,(H,22,23). The first-order valence-corrected chi connectivity index (χ1v) is 10.1. The highest BCUT2D eigenvalue weighted by atomic mass is 16.1. The van der Waals surface area contributed by atoms with Crippen molar-refractivity contribution in [2.24, 2.45) is 5.92 Å². The molecule has 5 rings (SSSR count). The smallest absolute Gasteiger partial charge is 0.253 e. The van der Waals surface area contributed by atoms with Gasteiger partial charge >= 0.3 is 0 Å². The summed E-state index contributed by atoms with van der Waals surface area (Å²) in [7, 11) is 0. The Balaban J connectivity index is 1.16. The summed E-state index contributed by atoms with van der Waals surface area (Å²) >= 11 is 0. The number of nitrogens with zero attached hydrogens (tertiary/aromatic N) is 4. The number of likely N-dealkylation sites (tertiary alicyclic amines) is 1. The lowest BCUT2D eigenvalue weighted by Gasteiger charge is -2.31. The minimum atomic E-state index is 0.122. The molecule has 1 N–H and O–H groups in total. The molecule has 1 saturated heterocycles. The maximum Gasteiger partial charge on any atom is 0.253 e. The summed E-state index contributed by atoms with van der Waals surface area (Å²) in [5.74, 6) is 1.12. The van der Waals surface area contributed by atoms with Crippen LogP contribution in [0.1, 0.15) is 60.7 Å². The molecule has 26 heavy (non-hydrogen) atoms. The lowest BCUT2D eigenvalue weighted by Crippen LogP contribution is -2.36. The van der Waals surface area contributed by atoms with Crippen molar-refractivity contribution in [3.8, 4) is 0 Å². The molecule has 0 aromatic carbocycles. The molecule has 6 heteroatoms. The summed E-state index contributed by atoms with van der Waals surface area (Å²) in [5, 5.41) is 7.76. The van der Waals surface area contributed by atoms with Crippen LogP contribution in [0.2, 0.25) is 0 Å². The van der Waals surface area contributed by atoms with E-state index in [9.17, 15) is 4.79 Å². The minimum Gasteiger partial charge on any atom is -0.299 e. The average Bonchev–Trinajstić information content (AvgIpc) is 3.28. The van der Waals surface area contributed by atoms with E-state index in [-0.39, 0.29) is 5.56 Å². The molecule has 6 nitrogen and oxygen atoms in total. The molecule has 0 amide bonds. The predicted molar refractivity (Wildman–Crippen MR) is 99.1 cm³/mol. The van der Waals surface area contributed by atoms with Crippen LogP contribution in [0.3, 0.4) is 0 Å². The molecule has 0 bridgehead atoms. The molecule has 3 heterocycles. The van der Waals surface area contributed by atoms with Crippen LogP contribution < -0.4 is 5.56 Å². The summed E-state index contributed by atoms with van der Waals surface area (Å²) in [4.78, 5) is 19.4. The molecule has 2 fully saturated rings. The molecule has 1 saturated carbocycles. The Bertz CT molecular complexity index is 842. The Hall–Kier alpha value is -1.95. The third-order valence-electron chi connectivity index (χ3n) is 6.32. The number of hydrogen-bond acceptors (Lipinski definition) is 4. The van der Waals surface area contributed by atoms with Gasteiger partial charge in [0.25, 0.3) is 5.56 Å². The SMILES string of the molecule is O=c1cc(C2CC2)ncn1CC1CCN(Cc2n[nH]c3c2CCC3)CC1. The molecule has 3 aliphatic rings. The molecule has 2 aliphatic carbocycles. The molecular formula is C20H27N5O. The number of H-pyrrole nitrogens is 1. The second-order valence-corrected chi connectivity index (χ2v) is 8.28. The molecule has 0 radical (unpaired) electrons. The van der Waals surface area contributed by atoms with Gasteiger partial charge in [-0.1, -0.05) is 0 Å². The summed E-state index contributed by atoms with van der Waals surface area (Å²) in [6.07, 6.45) is 10.0. The van der Waals surface area contributed by atoms with Crippen molar-refractivity contribution in [3.63, 3.8) is 0 Å². The van der Waals surface area contributed by atoms with E-state index >= 15 is 0 Å². The Morgan fingerprint density at radius 1 is 1.15 bits per heavy atom. The van der Waals surface area contributed by atoms with Crippen molar-refractivity contribution in [2.75, 3.05) is 13.1 Å². The largest absolute Gasteiger partial charge is 0.299 e. The number of hydrogen-bond donors (Lipinski definition) is 1. The third-order valence-corrected chi connectivity index (χ3v) is 6.32. The summed E-state index contributed by atoms with van der Waals surface area (Å²) in [5.41, 5.74) is 5.20. The Morgan fingerprint density at radius 2 is 2.00 bits per heavy atom. The fraction of sp³-hybridized carbons (Fsp3) is 0.650. The molecular weight excluding hydrogens is 326 g/mol. The first-order chi connectivity index (χ1) is 12.8. The number of piperidine rings is 1. The first kappa shape index (κ1) is 16.2. The Morgan fingerprint density at radius 3 is 2.77 bits per heavy atom. The Labute approximate surface area is 153 Å². The van der Waals surface area contributed by atoms with Crippen molar-refractivity contribution < 1.29 is 0 Å². The zero-order valence-corrected chi connectivity index (χ0v) is 15.3. The van der Waals surface area contributed by atoms with Gasteiger partial charge in [-0.05, 0) is 69.5 Å². The lowest BCUT2D eigenvalue weighted by molar-refractivity contribution is 0.164. The van der Waals surface area contributed by atoms with Gasteiger partial charge in [-0.15, -0.1) is 0 Å². The van der Waals surface area contributed by atoms with E-state index in [0.717, 1.165) is 51.1 Å². The van der Waals surface area contributed by atoms with Crippen molar-refractivity contribution in [1.82, 2.24) is 24.6 Å². The van der Waals surface area contributed by atoms with E-state index in [4.69, 9.17) is 0 Å². The predicted octanol–water partition coefficient (Wildman–Crippen LogP) is 2.24. The average molecular weight is 353 g/mol. The number of aryl methyl sites for hydroxylation is 1. The molecule has 2 aromatic rings. The van der Waals surface area contributed by atoms with Crippen molar-refractivity contribution in [3.05, 3.63) is 45.4 Å². The summed E-state index contributed by atoms with van der Waals surface area (Å²) in [6.45, 7) is 3.96. The minimum absolute atomic E-state index is 0.122. The quantitative estimate of drug-likeness (QED) is 0.895. The van der Waals surface area contributed by atoms with E-state index in [1.54, 1.807) is 12.4 Å². The van der Waals surface area contributed by atoms with Gasteiger partial charge in [0.2, 0.25) is 0 Å². The number of aromatic amines is 1. The van der Waals surface area contributed by atoms with Crippen molar-refractivity contribution in [1.29, 1.82) is 0 Å². The van der Waals surface area contributed by atoms with Gasteiger partial charge in [-0.2, -0.15) is 5.10 Å². The van der Waals surface area contributed by atoms with Crippen LogP contribution >= 0.6 is 0 Å². The molecule has 138 valence electrons. The fourth-order valence-corrected chi connectivity index (χ4v) is 4.52. The van der Waals surface area contributed by atoms with Crippen molar-refractivity contribution in [2.45, 2.75) is 64.0 Å². The molecule has 0 unspecified atom stereocenters. The lowest BCUT2D eigenvalue weighted by atomic mass is 9.96. The van der Waals surface area contributed by atoms with Gasteiger partial charge in [0, 0.05) is 30.8 Å². The van der Waals surface area contributed by atoms with Gasteiger partial charge in [0.15, 0.2) is 0 Å². The maximum atomic E-state index is 12.3. The molecule has 0 spiro atoms. The van der Waals surface area contributed by atoms with E-state index < -0.39 is 0 Å². The van der Waals surface area contributed by atoms with Gasteiger partial charge < -0.3 is 0 Å². The number of fused-ring (bicyclic) bond motifs is 1. The second-order valence-electron chi connectivity index (χ2n) is 8.28. The van der Waals surface area contributed by atoms with Crippen LogP contribution in [0, 0.1) is 5.92 Å². The highest BCUT2D eigenvalue weighted by Gasteiger charge is 2.26. The van der Waals surface area contributed by atoms with E-state index in [0.29, 0.717) is 11.8 Å². The first-order valence-electron chi connectivity index (χ1n) is 10.1. The van der Waals surface area contributed by atoms with Gasteiger partial charge in [-0.3, -0.25) is 19.4 Å². The van der Waals surface area contributed by atoms with Crippen molar-refractivity contribution >= 4 is 0 Å². The Kier molecular flexibility index (Phi) is 4.15. The zero-order chi connectivity index (χ0) is 17.5. The normalized spacial score (nSPS) is 21.2. The summed E-state index contributed by atoms with van der Waals surface area (Å²) in [6, 6.07) is 1.75.